The quantitative estimate of drug-likeness (QED) is 0.669. The van der Waals surface area contributed by atoms with Crippen molar-refractivity contribution in [2.45, 2.75) is 39.0 Å². The molecule has 0 radical (unpaired) electrons. The summed E-state index contributed by atoms with van der Waals surface area (Å²) in [6, 6.07) is 0. The maximum atomic E-state index is 10.8. The van der Waals surface area contributed by atoms with Gasteiger partial charge in [-0.05, 0) is 37.7 Å². The number of nitrogens with two attached hydrogens (primary N) is 1. The van der Waals surface area contributed by atoms with Gasteiger partial charge in [0.05, 0.1) is 12.5 Å². The summed E-state index contributed by atoms with van der Waals surface area (Å²) < 4.78 is 0. The fourth-order valence-electron chi connectivity index (χ4n) is 2.00. The smallest absolute Gasteiger partial charge is 0.222 e. The Morgan fingerprint density at radius 1 is 1.45 bits per heavy atom. The third kappa shape index (κ3) is 9.14. The minimum absolute atomic E-state index is 0.201. The van der Waals surface area contributed by atoms with E-state index in [1.54, 1.807) is 12.2 Å². The Morgan fingerprint density at radius 3 is 2.55 bits per heavy atom. The van der Waals surface area contributed by atoms with Gasteiger partial charge in [-0.1, -0.05) is 62.1 Å². The van der Waals surface area contributed by atoms with Gasteiger partial charge in [-0.3, -0.25) is 4.79 Å². The molecule has 0 fully saturated rings. The number of carbonyl (C=O) groups excluding carboxylic acids is 1. The zero-order valence-electron chi connectivity index (χ0n) is 13.6. The molecule has 1 aliphatic carbocycles. The molecule has 0 spiro atoms. The highest BCUT2D eigenvalue weighted by molar-refractivity contribution is 5.76. The van der Waals surface area contributed by atoms with Gasteiger partial charge in [0.2, 0.25) is 5.91 Å². The largest absolute Gasteiger partial charge is 0.396 e. The monoisotopic (exact) mass is 303 g/mol. The molecule has 1 aliphatic rings. The Hall–Kier alpha value is -1.87. The lowest BCUT2D eigenvalue weighted by atomic mass is 9.99. The van der Waals surface area contributed by atoms with E-state index in [1.807, 2.05) is 6.08 Å². The van der Waals surface area contributed by atoms with E-state index in [0.29, 0.717) is 12.8 Å². The van der Waals surface area contributed by atoms with Gasteiger partial charge in [-0.2, -0.15) is 0 Å². The van der Waals surface area contributed by atoms with Crippen molar-refractivity contribution >= 4 is 5.91 Å². The van der Waals surface area contributed by atoms with Crippen LogP contribution in [0.4, 0.5) is 0 Å². The van der Waals surface area contributed by atoms with Crippen molar-refractivity contribution < 1.29 is 9.90 Å². The van der Waals surface area contributed by atoms with E-state index in [9.17, 15) is 4.79 Å². The Balaban J connectivity index is 0.000000461. The number of hydrogen-bond acceptors (Lipinski definition) is 2. The lowest BCUT2D eigenvalue weighted by molar-refractivity contribution is -0.123. The number of rotatable bonds is 8. The van der Waals surface area contributed by atoms with E-state index in [1.165, 1.54) is 24.8 Å². The van der Waals surface area contributed by atoms with Crippen LogP contribution in [-0.4, -0.2) is 17.6 Å². The van der Waals surface area contributed by atoms with Crippen molar-refractivity contribution in [1.82, 2.24) is 0 Å². The van der Waals surface area contributed by atoms with Gasteiger partial charge in [0.25, 0.3) is 0 Å². The van der Waals surface area contributed by atoms with Crippen LogP contribution in [0.25, 0.3) is 0 Å². The Bertz CT molecular complexity index is 444. The number of aliphatic hydroxyl groups excluding tert-OH is 1. The number of carbonyl (C=O) groups is 1. The fraction of sp³-hybridized carbons (Fsp3) is 0.421. The average molecular weight is 303 g/mol. The van der Waals surface area contributed by atoms with Gasteiger partial charge in [-0.15, -0.1) is 0 Å². The average Bonchev–Trinajstić information content (AvgIpc) is 2.55. The number of aliphatic hydroxyl groups is 1. The van der Waals surface area contributed by atoms with Crippen LogP contribution in [0.5, 0.6) is 0 Å². The maximum Gasteiger partial charge on any atom is 0.222 e. The van der Waals surface area contributed by atoms with Crippen molar-refractivity contribution in [2.75, 3.05) is 6.61 Å². The van der Waals surface area contributed by atoms with Gasteiger partial charge < -0.3 is 10.8 Å². The first-order valence-corrected chi connectivity index (χ1v) is 7.78. The molecule has 22 heavy (non-hydrogen) atoms. The molecule has 0 aliphatic heterocycles. The third-order valence-corrected chi connectivity index (χ3v) is 3.48. The summed E-state index contributed by atoms with van der Waals surface area (Å²) in [6.07, 6.45) is 16.9. The number of allylic oxidation sites excluding steroid dienone is 8. The van der Waals surface area contributed by atoms with Crippen molar-refractivity contribution in [3.63, 3.8) is 0 Å². The molecular weight excluding hydrogens is 274 g/mol. The standard InChI is InChI=1S/C11H17NO2.C8H12/c1-3-5-9(4-2)6-7-10(8-13)11(12)14;1-2-8-6-4-3-5-7-8/h3-5,10,13H,1-2,6-8H2,(H2,12,14);4,6-7H,2-3,5H2,1H3/b9-5+;/t10-;/m1./s1. The molecule has 0 saturated carbocycles. The molecule has 0 heterocycles. The SMILES string of the molecule is C=C/C=C(\C=C)CC[C@H](CO)C(N)=O.CCC1=CCCC=C1. The van der Waals surface area contributed by atoms with E-state index < -0.39 is 11.8 Å². The third-order valence-electron chi connectivity index (χ3n) is 3.48. The molecule has 1 amide bonds. The zero-order chi connectivity index (χ0) is 16.8. The van der Waals surface area contributed by atoms with Gasteiger partial charge in [-0.25, -0.2) is 0 Å². The van der Waals surface area contributed by atoms with E-state index in [4.69, 9.17) is 10.8 Å². The predicted octanol–water partition coefficient (Wildman–Crippen LogP) is 3.83. The number of amides is 1. The second kappa shape index (κ2) is 12.8. The lowest BCUT2D eigenvalue weighted by Gasteiger charge is -2.09. The molecule has 3 nitrogen and oxygen atoms in total. The highest BCUT2D eigenvalue weighted by Gasteiger charge is 2.13. The van der Waals surface area contributed by atoms with Crippen LogP contribution in [-0.2, 0) is 4.79 Å². The zero-order valence-corrected chi connectivity index (χ0v) is 13.6. The summed E-state index contributed by atoms with van der Waals surface area (Å²) in [7, 11) is 0. The maximum absolute atomic E-state index is 10.8. The Kier molecular flexibility index (Phi) is 11.7. The molecule has 0 aromatic rings. The van der Waals surface area contributed by atoms with Crippen LogP contribution in [0.2, 0.25) is 0 Å². The molecule has 0 aromatic carbocycles. The van der Waals surface area contributed by atoms with E-state index in [-0.39, 0.29) is 6.61 Å². The van der Waals surface area contributed by atoms with E-state index in [2.05, 4.69) is 38.3 Å². The first-order chi connectivity index (χ1) is 10.6. The van der Waals surface area contributed by atoms with E-state index in [0.717, 1.165) is 5.57 Å². The van der Waals surface area contributed by atoms with Gasteiger partial charge in [0.1, 0.15) is 0 Å². The fourth-order valence-corrected chi connectivity index (χ4v) is 2.00. The van der Waals surface area contributed by atoms with Gasteiger partial charge in [0, 0.05) is 0 Å². The van der Waals surface area contributed by atoms with Crippen LogP contribution in [0, 0.1) is 5.92 Å². The van der Waals surface area contributed by atoms with Crippen LogP contribution in [0.3, 0.4) is 0 Å². The summed E-state index contributed by atoms with van der Waals surface area (Å²) in [6.45, 7) is 9.19. The molecule has 0 bridgehead atoms. The molecule has 122 valence electrons. The molecule has 0 saturated heterocycles. The molecule has 1 atom stereocenters. The van der Waals surface area contributed by atoms with Crippen molar-refractivity contribution in [3.8, 4) is 0 Å². The highest BCUT2D eigenvalue weighted by Crippen LogP contribution is 2.13. The van der Waals surface area contributed by atoms with Gasteiger partial charge in [0.15, 0.2) is 0 Å². The van der Waals surface area contributed by atoms with Crippen LogP contribution < -0.4 is 5.73 Å². The second-order valence-corrected chi connectivity index (χ2v) is 5.11. The Labute approximate surface area is 134 Å². The molecule has 0 aromatic heterocycles. The topological polar surface area (TPSA) is 63.3 Å². The summed E-state index contributed by atoms with van der Waals surface area (Å²) >= 11 is 0. The summed E-state index contributed by atoms with van der Waals surface area (Å²) in [4.78, 5) is 10.8. The van der Waals surface area contributed by atoms with Crippen LogP contribution in [0.1, 0.15) is 39.0 Å². The highest BCUT2D eigenvalue weighted by atomic mass is 16.3. The lowest BCUT2D eigenvalue weighted by Crippen LogP contribution is -2.26. The van der Waals surface area contributed by atoms with Crippen molar-refractivity contribution in [1.29, 1.82) is 0 Å². The van der Waals surface area contributed by atoms with Crippen LogP contribution in [0.15, 0.2) is 60.8 Å². The molecular formula is C19H29NO2. The minimum Gasteiger partial charge on any atom is -0.396 e. The molecule has 3 heteroatoms. The second-order valence-electron chi connectivity index (χ2n) is 5.11. The number of primary amides is 1. The number of hydrogen-bond donors (Lipinski definition) is 2. The molecule has 1 rings (SSSR count). The molecule has 0 unspecified atom stereocenters. The van der Waals surface area contributed by atoms with Crippen molar-refractivity contribution in [2.24, 2.45) is 11.7 Å². The van der Waals surface area contributed by atoms with E-state index >= 15 is 0 Å². The predicted molar refractivity (Wildman–Crippen MR) is 94.2 cm³/mol. The summed E-state index contributed by atoms with van der Waals surface area (Å²) in [5.41, 5.74) is 7.57. The van der Waals surface area contributed by atoms with Crippen LogP contribution >= 0.6 is 0 Å². The minimum atomic E-state index is -0.469. The Morgan fingerprint density at radius 2 is 2.18 bits per heavy atom. The van der Waals surface area contributed by atoms with Crippen molar-refractivity contribution in [3.05, 3.63) is 60.8 Å². The normalized spacial score (nSPS) is 15.2. The van der Waals surface area contributed by atoms with Gasteiger partial charge >= 0.3 is 0 Å². The molecule has 3 N–H and O–H groups in total. The summed E-state index contributed by atoms with van der Waals surface area (Å²) in [5.74, 6) is -0.933. The summed E-state index contributed by atoms with van der Waals surface area (Å²) in [5, 5.41) is 8.85. The first-order valence-electron chi connectivity index (χ1n) is 7.78. The first kappa shape index (κ1) is 20.1.